The number of piperazine rings is 1. The molecule has 4 rings (SSSR count). The SMILES string of the molecule is Cc1nc(N2CCOCC2)cc(N2CCN(C(=O)c3snnc3C)CC2)n1. The maximum atomic E-state index is 12.6. The van der Waals surface area contributed by atoms with Crippen LogP contribution in [0.2, 0.25) is 0 Å². The highest BCUT2D eigenvalue weighted by atomic mass is 32.1. The molecule has 2 aromatic rings. The van der Waals surface area contributed by atoms with Gasteiger partial charge in [0.15, 0.2) is 0 Å². The second kappa shape index (κ2) is 7.73. The fourth-order valence-corrected chi connectivity index (χ4v) is 3.99. The van der Waals surface area contributed by atoms with Crippen molar-refractivity contribution >= 4 is 29.1 Å². The van der Waals surface area contributed by atoms with Crippen LogP contribution in [0.1, 0.15) is 21.2 Å². The molecule has 2 aliphatic heterocycles. The van der Waals surface area contributed by atoms with Gasteiger partial charge in [0.05, 0.1) is 18.9 Å². The van der Waals surface area contributed by atoms with E-state index >= 15 is 0 Å². The van der Waals surface area contributed by atoms with Gasteiger partial charge in [-0.15, -0.1) is 5.10 Å². The molecule has 0 saturated carbocycles. The summed E-state index contributed by atoms with van der Waals surface area (Å²) in [6.45, 7) is 9.71. The summed E-state index contributed by atoms with van der Waals surface area (Å²) in [7, 11) is 0. The van der Waals surface area contributed by atoms with E-state index in [-0.39, 0.29) is 5.91 Å². The summed E-state index contributed by atoms with van der Waals surface area (Å²) in [6, 6.07) is 2.05. The molecule has 2 fully saturated rings. The molecule has 9 nitrogen and oxygen atoms in total. The number of ether oxygens (including phenoxy) is 1. The third-order valence-corrected chi connectivity index (χ3v) is 5.70. The summed E-state index contributed by atoms with van der Waals surface area (Å²) in [5.74, 6) is 2.66. The van der Waals surface area contributed by atoms with Gasteiger partial charge in [-0.3, -0.25) is 4.79 Å². The molecule has 2 aromatic heterocycles. The lowest BCUT2D eigenvalue weighted by Crippen LogP contribution is -2.49. The first kappa shape index (κ1) is 18.1. The van der Waals surface area contributed by atoms with Gasteiger partial charge in [0, 0.05) is 45.3 Å². The van der Waals surface area contributed by atoms with Gasteiger partial charge >= 0.3 is 0 Å². The minimum atomic E-state index is 0.0232. The molecule has 10 heteroatoms. The third kappa shape index (κ3) is 3.86. The van der Waals surface area contributed by atoms with E-state index in [1.807, 2.05) is 24.8 Å². The largest absolute Gasteiger partial charge is 0.378 e. The van der Waals surface area contributed by atoms with Gasteiger partial charge in [0.2, 0.25) is 0 Å². The Kier molecular flexibility index (Phi) is 5.17. The lowest BCUT2D eigenvalue weighted by Gasteiger charge is -2.36. The number of hydrogen-bond acceptors (Lipinski definition) is 9. The number of aromatic nitrogens is 4. The van der Waals surface area contributed by atoms with Gasteiger partial charge in [0.1, 0.15) is 22.3 Å². The molecule has 4 heterocycles. The monoisotopic (exact) mass is 389 g/mol. The van der Waals surface area contributed by atoms with Gasteiger partial charge in [-0.25, -0.2) is 9.97 Å². The number of morpholine rings is 1. The molecule has 0 aliphatic carbocycles. The Bertz CT molecular complexity index is 813. The molecule has 2 aliphatic rings. The number of anilines is 2. The molecule has 27 heavy (non-hydrogen) atoms. The molecular formula is C17H23N7O2S. The fraction of sp³-hybridized carbons (Fsp3) is 0.588. The second-order valence-electron chi connectivity index (χ2n) is 6.70. The highest BCUT2D eigenvalue weighted by Crippen LogP contribution is 2.22. The molecule has 2 saturated heterocycles. The summed E-state index contributed by atoms with van der Waals surface area (Å²) >= 11 is 1.17. The van der Waals surface area contributed by atoms with Crippen molar-refractivity contribution < 1.29 is 9.53 Å². The van der Waals surface area contributed by atoms with Crippen LogP contribution in [-0.2, 0) is 4.74 Å². The Hall–Kier alpha value is -2.33. The van der Waals surface area contributed by atoms with Crippen LogP contribution in [0.4, 0.5) is 11.6 Å². The molecule has 0 spiro atoms. The predicted molar refractivity (Wildman–Crippen MR) is 103 cm³/mol. The van der Waals surface area contributed by atoms with Crippen LogP contribution in [0.25, 0.3) is 0 Å². The van der Waals surface area contributed by atoms with Crippen LogP contribution in [0.15, 0.2) is 6.07 Å². The number of carbonyl (C=O) groups excluding carboxylic acids is 1. The van der Waals surface area contributed by atoms with E-state index in [2.05, 4.69) is 29.4 Å². The van der Waals surface area contributed by atoms with Crippen LogP contribution in [0.5, 0.6) is 0 Å². The van der Waals surface area contributed by atoms with Crippen molar-refractivity contribution in [1.29, 1.82) is 0 Å². The van der Waals surface area contributed by atoms with Crippen molar-refractivity contribution in [3.8, 4) is 0 Å². The number of amides is 1. The fourth-order valence-electron chi connectivity index (χ4n) is 3.36. The van der Waals surface area contributed by atoms with E-state index in [4.69, 9.17) is 4.74 Å². The van der Waals surface area contributed by atoms with Gasteiger partial charge in [-0.1, -0.05) is 4.49 Å². The highest BCUT2D eigenvalue weighted by Gasteiger charge is 2.26. The van der Waals surface area contributed by atoms with Crippen LogP contribution < -0.4 is 9.80 Å². The Morgan fingerprint density at radius 3 is 2.22 bits per heavy atom. The molecule has 0 aromatic carbocycles. The third-order valence-electron chi connectivity index (χ3n) is 4.88. The molecule has 0 unspecified atom stereocenters. The number of hydrogen-bond donors (Lipinski definition) is 0. The average molecular weight is 389 g/mol. The number of aryl methyl sites for hydroxylation is 2. The van der Waals surface area contributed by atoms with E-state index in [1.54, 1.807) is 0 Å². The van der Waals surface area contributed by atoms with Crippen molar-refractivity contribution in [1.82, 2.24) is 24.5 Å². The van der Waals surface area contributed by atoms with Gasteiger partial charge in [-0.05, 0) is 25.4 Å². The van der Waals surface area contributed by atoms with E-state index in [1.165, 1.54) is 11.5 Å². The number of rotatable bonds is 3. The lowest BCUT2D eigenvalue weighted by atomic mass is 10.2. The molecule has 0 atom stereocenters. The van der Waals surface area contributed by atoms with E-state index in [0.717, 1.165) is 56.9 Å². The second-order valence-corrected chi connectivity index (χ2v) is 7.45. The quantitative estimate of drug-likeness (QED) is 0.760. The summed E-state index contributed by atoms with van der Waals surface area (Å²) in [5.41, 5.74) is 0.703. The standard InChI is InChI=1S/C17H23N7O2S/c1-12-16(27-21-20-12)17(25)24-5-3-22(4-6-24)14-11-15(19-13(2)18-14)23-7-9-26-10-8-23/h11H,3-10H2,1-2H3. The van der Waals surface area contributed by atoms with Crippen LogP contribution in [-0.4, -0.2) is 82.8 Å². The predicted octanol–water partition coefficient (Wildman–Crippen LogP) is 0.744. The molecule has 0 bridgehead atoms. The minimum Gasteiger partial charge on any atom is -0.378 e. The summed E-state index contributed by atoms with van der Waals surface area (Å²) in [5, 5.41) is 3.94. The summed E-state index contributed by atoms with van der Waals surface area (Å²) in [4.78, 5) is 28.8. The van der Waals surface area contributed by atoms with Gasteiger partial charge in [0.25, 0.3) is 5.91 Å². The highest BCUT2D eigenvalue weighted by molar-refractivity contribution is 7.07. The van der Waals surface area contributed by atoms with Crippen molar-refractivity contribution in [2.24, 2.45) is 0 Å². The first-order valence-electron chi connectivity index (χ1n) is 9.13. The lowest BCUT2D eigenvalue weighted by molar-refractivity contribution is 0.0750. The van der Waals surface area contributed by atoms with Crippen LogP contribution in [0.3, 0.4) is 0 Å². The summed E-state index contributed by atoms with van der Waals surface area (Å²) < 4.78 is 9.30. The molecular weight excluding hydrogens is 366 g/mol. The Morgan fingerprint density at radius 1 is 1.00 bits per heavy atom. The maximum Gasteiger partial charge on any atom is 0.267 e. The topological polar surface area (TPSA) is 87.6 Å². The van der Waals surface area contributed by atoms with Crippen molar-refractivity contribution in [2.75, 3.05) is 62.3 Å². The van der Waals surface area contributed by atoms with Crippen LogP contribution >= 0.6 is 11.5 Å². The van der Waals surface area contributed by atoms with Crippen molar-refractivity contribution in [3.63, 3.8) is 0 Å². The van der Waals surface area contributed by atoms with Gasteiger partial charge in [-0.2, -0.15) is 0 Å². The zero-order valence-corrected chi connectivity index (χ0v) is 16.4. The van der Waals surface area contributed by atoms with Gasteiger partial charge < -0.3 is 19.4 Å². The normalized spacial score (nSPS) is 18.1. The van der Waals surface area contributed by atoms with E-state index < -0.39 is 0 Å². The number of carbonyl (C=O) groups is 1. The first-order chi connectivity index (χ1) is 13.1. The molecule has 144 valence electrons. The molecule has 0 radical (unpaired) electrons. The van der Waals surface area contributed by atoms with E-state index in [0.29, 0.717) is 23.7 Å². The Balaban J connectivity index is 1.44. The van der Waals surface area contributed by atoms with Crippen molar-refractivity contribution in [2.45, 2.75) is 13.8 Å². The average Bonchev–Trinajstić information content (AvgIpc) is 3.13. The van der Waals surface area contributed by atoms with Crippen LogP contribution in [0, 0.1) is 13.8 Å². The first-order valence-corrected chi connectivity index (χ1v) is 9.91. The Morgan fingerprint density at radius 2 is 1.63 bits per heavy atom. The van der Waals surface area contributed by atoms with Crippen molar-refractivity contribution in [3.05, 3.63) is 22.5 Å². The Labute approximate surface area is 162 Å². The zero-order valence-electron chi connectivity index (χ0n) is 15.6. The molecule has 1 amide bonds. The number of nitrogens with zero attached hydrogens (tertiary/aromatic N) is 7. The van der Waals surface area contributed by atoms with E-state index in [9.17, 15) is 4.79 Å². The maximum absolute atomic E-state index is 12.6. The smallest absolute Gasteiger partial charge is 0.267 e. The molecule has 0 N–H and O–H groups in total. The minimum absolute atomic E-state index is 0.0232. The summed E-state index contributed by atoms with van der Waals surface area (Å²) in [6.07, 6.45) is 0. The zero-order chi connectivity index (χ0) is 18.8.